The standard InChI is InChI=1S/C20H25N3O/c1-20(2,3)16-6-8-17(9-7-16)22-19(24)15-12-18(14-21-13-15)23-10-4-5-11-23/h6-9,12-14H,4-5,10-11H2,1-3H3,(H,22,24). The fourth-order valence-corrected chi connectivity index (χ4v) is 2.96. The number of rotatable bonds is 3. The van der Waals surface area contributed by atoms with Gasteiger partial charge in [0.2, 0.25) is 0 Å². The van der Waals surface area contributed by atoms with Crippen molar-refractivity contribution in [3.63, 3.8) is 0 Å². The second-order valence-electron chi connectivity index (χ2n) is 7.41. The van der Waals surface area contributed by atoms with Crippen LogP contribution in [-0.4, -0.2) is 24.0 Å². The van der Waals surface area contributed by atoms with E-state index >= 15 is 0 Å². The lowest BCUT2D eigenvalue weighted by atomic mass is 9.87. The van der Waals surface area contributed by atoms with Crippen molar-refractivity contribution in [2.75, 3.05) is 23.3 Å². The van der Waals surface area contributed by atoms with Crippen LogP contribution < -0.4 is 10.2 Å². The van der Waals surface area contributed by atoms with Gasteiger partial charge in [0.25, 0.3) is 5.91 Å². The molecule has 4 nitrogen and oxygen atoms in total. The van der Waals surface area contributed by atoms with E-state index in [0.717, 1.165) is 24.5 Å². The van der Waals surface area contributed by atoms with Gasteiger partial charge in [-0.3, -0.25) is 9.78 Å². The van der Waals surface area contributed by atoms with Gasteiger partial charge in [0.05, 0.1) is 17.4 Å². The number of hydrogen-bond donors (Lipinski definition) is 1. The molecule has 1 amide bonds. The van der Waals surface area contributed by atoms with Crippen molar-refractivity contribution >= 4 is 17.3 Å². The summed E-state index contributed by atoms with van der Waals surface area (Å²) >= 11 is 0. The Hall–Kier alpha value is -2.36. The molecule has 0 unspecified atom stereocenters. The van der Waals surface area contributed by atoms with Crippen molar-refractivity contribution in [1.82, 2.24) is 4.98 Å². The van der Waals surface area contributed by atoms with Crippen LogP contribution in [0.4, 0.5) is 11.4 Å². The average molecular weight is 323 g/mol. The molecule has 1 saturated heterocycles. The minimum absolute atomic E-state index is 0.108. The third-order valence-corrected chi connectivity index (χ3v) is 4.47. The van der Waals surface area contributed by atoms with Crippen LogP contribution in [0.3, 0.4) is 0 Å². The van der Waals surface area contributed by atoms with Crippen LogP contribution in [-0.2, 0) is 5.41 Å². The van der Waals surface area contributed by atoms with Gasteiger partial charge < -0.3 is 10.2 Å². The molecule has 24 heavy (non-hydrogen) atoms. The first-order valence-corrected chi connectivity index (χ1v) is 8.55. The smallest absolute Gasteiger partial charge is 0.257 e. The minimum Gasteiger partial charge on any atom is -0.370 e. The summed E-state index contributed by atoms with van der Waals surface area (Å²) in [7, 11) is 0. The molecule has 126 valence electrons. The molecule has 1 N–H and O–H groups in total. The van der Waals surface area contributed by atoms with Crippen LogP contribution in [0.1, 0.15) is 49.5 Å². The third-order valence-electron chi connectivity index (χ3n) is 4.47. The van der Waals surface area contributed by atoms with Gasteiger partial charge in [-0.05, 0) is 42.0 Å². The Kier molecular flexibility index (Phi) is 4.56. The highest BCUT2D eigenvalue weighted by Gasteiger charge is 2.16. The zero-order valence-electron chi connectivity index (χ0n) is 14.7. The van der Waals surface area contributed by atoms with Gasteiger partial charge in [0.15, 0.2) is 0 Å². The lowest BCUT2D eigenvalue weighted by molar-refractivity contribution is 0.102. The maximum Gasteiger partial charge on any atom is 0.257 e. The van der Waals surface area contributed by atoms with Crippen molar-refractivity contribution in [2.45, 2.75) is 39.0 Å². The molecular formula is C20H25N3O. The number of nitrogens with one attached hydrogen (secondary N) is 1. The van der Waals surface area contributed by atoms with E-state index in [4.69, 9.17) is 0 Å². The van der Waals surface area contributed by atoms with Crippen LogP contribution in [0, 0.1) is 0 Å². The topological polar surface area (TPSA) is 45.2 Å². The average Bonchev–Trinajstić information content (AvgIpc) is 3.09. The van der Waals surface area contributed by atoms with E-state index in [-0.39, 0.29) is 11.3 Å². The largest absolute Gasteiger partial charge is 0.370 e. The van der Waals surface area contributed by atoms with E-state index < -0.39 is 0 Å². The fraction of sp³-hybridized carbons (Fsp3) is 0.400. The van der Waals surface area contributed by atoms with Crippen molar-refractivity contribution in [3.8, 4) is 0 Å². The Morgan fingerprint density at radius 1 is 1.08 bits per heavy atom. The Bertz CT molecular complexity index is 710. The molecule has 1 aromatic carbocycles. The number of carbonyl (C=O) groups excluding carboxylic acids is 1. The Morgan fingerprint density at radius 3 is 2.38 bits per heavy atom. The predicted molar refractivity (Wildman–Crippen MR) is 98.8 cm³/mol. The van der Waals surface area contributed by atoms with Gasteiger partial charge in [0.1, 0.15) is 0 Å². The monoisotopic (exact) mass is 323 g/mol. The summed E-state index contributed by atoms with van der Waals surface area (Å²) in [5.74, 6) is -0.118. The number of hydrogen-bond acceptors (Lipinski definition) is 3. The first kappa shape index (κ1) is 16.5. The second kappa shape index (κ2) is 6.63. The SMILES string of the molecule is CC(C)(C)c1ccc(NC(=O)c2cncc(N3CCCC3)c2)cc1. The first-order valence-electron chi connectivity index (χ1n) is 8.55. The summed E-state index contributed by atoms with van der Waals surface area (Å²) in [5, 5.41) is 2.96. The van der Waals surface area contributed by atoms with Crippen molar-refractivity contribution < 1.29 is 4.79 Å². The number of aromatic nitrogens is 1. The highest BCUT2D eigenvalue weighted by Crippen LogP contribution is 2.24. The molecule has 0 radical (unpaired) electrons. The fourth-order valence-electron chi connectivity index (χ4n) is 2.96. The van der Waals surface area contributed by atoms with E-state index in [9.17, 15) is 4.79 Å². The van der Waals surface area contributed by atoms with Gasteiger partial charge >= 0.3 is 0 Å². The molecule has 0 atom stereocenters. The van der Waals surface area contributed by atoms with E-state index in [1.165, 1.54) is 18.4 Å². The van der Waals surface area contributed by atoms with Crippen molar-refractivity contribution in [1.29, 1.82) is 0 Å². The van der Waals surface area contributed by atoms with Crippen LogP contribution >= 0.6 is 0 Å². The molecule has 1 aliphatic rings. The van der Waals surface area contributed by atoms with Gasteiger partial charge in [-0.25, -0.2) is 0 Å². The number of benzene rings is 1. The quantitative estimate of drug-likeness (QED) is 0.919. The van der Waals surface area contributed by atoms with Crippen LogP contribution in [0.2, 0.25) is 0 Å². The molecule has 0 aliphatic carbocycles. The maximum absolute atomic E-state index is 12.5. The van der Waals surface area contributed by atoms with Crippen LogP contribution in [0.15, 0.2) is 42.7 Å². The Morgan fingerprint density at radius 2 is 1.75 bits per heavy atom. The molecule has 1 fully saturated rings. The van der Waals surface area contributed by atoms with Gasteiger partial charge in [-0.2, -0.15) is 0 Å². The summed E-state index contributed by atoms with van der Waals surface area (Å²) in [5.41, 5.74) is 3.79. The molecule has 2 heterocycles. The van der Waals surface area contributed by atoms with E-state index in [1.807, 2.05) is 24.4 Å². The zero-order valence-corrected chi connectivity index (χ0v) is 14.7. The minimum atomic E-state index is -0.118. The molecule has 1 aromatic heterocycles. The lowest BCUT2D eigenvalue weighted by Crippen LogP contribution is -2.19. The van der Waals surface area contributed by atoms with E-state index in [2.05, 4.69) is 48.1 Å². The molecule has 3 rings (SSSR count). The highest BCUT2D eigenvalue weighted by atomic mass is 16.1. The third kappa shape index (κ3) is 3.75. The Balaban J connectivity index is 1.71. The first-order chi connectivity index (χ1) is 11.4. The molecule has 0 bridgehead atoms. The normalized spacial score (nSPS) is 14.7. The summed E-state index contributed by atoms with van der Waals surface area (Å²) in [4.78, 5) is 19.0. The maximum atomic E-state index is 12.5. The lowest BCUT2D eigenvalue weighted by Gasteiger charge is -2.19. The summed E-state index contributed by atoms with van der Waals surface area (Å²) in [6.07, 6.45) is 5.87. The molecule has 0 saturated carbocycles. The highest BCUT2D eigenvalue weighted by molar-refractivity contribution is 6.04. The van der Waals surface area contributed by atoms with Crippen molar-refractivity contribution in [2.24, 2.45) is 0 Å². The number of carbonyl (C=O) groups is 1. The number of amides is 1. The molecule has 1 aliphatic heterocycles. The summed E-state index contributed by atoms with van der Waals surface area (Å²) < 4.78 is 0. The van der Waals surface area contributed by atoms with Crippen molar-refractivity contribution in [3.05, 3.63) is 53.9 Å². The van der Waals surface area contributed by atoms with Gasteiger partial charge in [0, 0.05) is 25.0 Å². The van der Waals surface area contributed by atoms with Gasteiger partial charge in [-0.15, -0.1) is 0 Å². The predicted octanol–water partition coefficient (Wildman–Crippen LogP) is 4.23. The number of anilines is 2. The Labute approximate surface area is 143 Å². The van der Waals surface area contributed by atoms with E-state index in [0.29, 0.717) is 5.56 Å². The second-order valence-corrected chi connectivity index (χ2v) is 7.41. The summed E-state index contributed by atoms with van der Waals surface area (Å²) in [6, 6.07) is 9.96. The van der Waals surface area contributed by atoms with E-state index in [1.54, 1.807) is 6.20 Å². The molecular weight excluding hydrogens is 298 g/mol. The molecule has 4 heteroatoms. The number of pyridine rings is 1. The number of nitrogens with zero attached hydrogens (tertiary/aromatic N) is 2. The summed E-state index contributed by atoms with van der Waals surface area (Å²) in [6.45, 7) is 8.62. The zero-order chi connectivity index (χ0) is 17.2. The van der Waals surface area contributed by atoms with Crippen LogP contribution in [0.5, 0.6) is 0 Å². The van der Waals surface area contributed by atoms with Gasteiger partial charge in [-0.1, -0.05) is 32.9 Å². The van der Waals surface area contributed by atoms with Crippen LogP contribution in [0.25, 0.3) is 0 Å². The molecule has 0 spiro atoms. The molecule has 2 aromatic rings.